The van der Waals surface area contributed by atoms with Gasteiger partial charge in [-0.3, -0.25) is 19.6 Å². The number of carbonyl (C=O) groups excluding carboxylic acids is 1. The van der Waals surface area contributed by atoms with E-state index in [0.29, 0.717) is 6.54 Å². The molecule has 2 aromatic carbocycles. The van der Waals surface area contributed by atoms with E-state index in [0.717, 1.165) is 11.6 Å². The summed E-state index contributed by atoms with van der Waals surface area (Å²) in [7, 11) is 1.32. The number of nitrogens with one attached hydrogen (secondary N) is 1. The third-order valence-corrected chi connectivity index (χ3v) is 4.05. The van der Waals surface area contributed by atoms with Crippen molar-refractivity contribution in [3.05, 3.63) is 81.0 Å². The molecule has 9 heteroatoms. The van der Waals surface area contributed by atoms with Crippen LogP contribution in [0.4, 0.5) is 11.5 Å². The lowest BCUT2D eigenvalue weighted by Gasteiger charge is -2.05. The minimum absolute atomic E-state index is 0.0710. The Hall–Kier alpha value is -3.39. The van der Waals surface area contributed by atoms with E-state index in [1.807, 2.05) is 30.3 Å². The first kappa shape index (κ1) is 18.4. The van der Waals surface area contributed by atoms with Crippen molar-refractivity contribution in [2.45, 2.75) is 6.54 Å². The average Bonchev–Trinajstić information content (AvgIpc) is 3.00. The van der Waals surface area contributed by atoms with Crippen LogP contribution in [0, 0.1) is 10.1 Å². The van der Waals surface area contributed by atoms with Crippen LogP contribution in [0.3, 0.4) is 0 Å². The highest BCUT2D eigenvalue weighted by atomic mass is 35.5. The van der Waals surface area contributed by atoms with Crippen molar-refractivity contribution < 1.29 is 14.5 Å². The number of nitro benzene ring substituents is 1. The number of hydrogen-bond donors (Lipinski definition) is 1. The maximum atomic E-state index is 12.4. The molecular formula is C18H15ClN4O4. The van der Waals surface area contributed by atoms with Crippen molar-refractivity contribution in [1.82, 2.24) is 9.78 Å². The molecule has 0 fully saturated rings. The second kappa shape index (κ2) is 7.88. The van der Waals surface area contributed by atoms with Gasteiger partial charge in [-0.05, 0) is 17.7 Å². The summed E-state index contributed by atoms with van der Waals surface area (Å²) in [5.41, 5.74) is 0.822. The van der Waals surface area contributed by atoms with Gasteiger partial charge in [0, 0.05) is 17.8 Å². The minimum atomic E-state index is -0.614. The molecule has 0 bridgehead atoms. The first-order valence-electron chi connectivity index (χ1n) is 7.88. The van der Waals surface area contributed by atoms with Crippen LogP contribution in [0.15, 0.2) is 54.7 Å². The zero-order valence-electron chi connectivity index (χ0n) is 14.3. The highest BCUT2D eigenvalue weighted by Gasteiger charge is 2.19. The van der Waals surface area contributed by atoms with E-state index in [2.05, 4.69) is 10.4 Å². The number of amides is 1. The van der Waals surface area contributed by atoms with Gasteiger partial charge >= 0.3 is 5.69 Å². The summed E-state index contributed by atoms with van der Waals surface area (Å²) >= 11 is 6.15. The molecule has 0 aliphatic carbocycles. The Labute approximate surface area is 159 Å². The number of methoxy groups -OCH3 is 1. The molecule has 0 aliphatic heterocycles. The van der Waals surface area contributed by atoms with E-state index in [1.165, 1.54) is 19.2 Å². The smallest absolute Gasteiger partial charge is 0.311 e. The molecular weight excluding hydrogens is 372 g/mol. The molecule has 27 heavy (non-hydrogen) atoms. The quantitative estimate of drug-likeness (QED) is 0.513. The largest absolute Gasteiger partial charge is 0.490 e. The number of halogens is 1. The van der Waals surface area contributed by atoms with E-state index in [-0.39, 0.29) is 27.8 Å². The van der Waals surface area contributed by atoms with Crippen molar-refractivity contribution >= 4 is 29.0 Å². The lowest BCUT2D eigenvalue weighted by molar-refractivity contribution is -0.385. The number of hydrogen-bond acceptors (Lipinski definition) is 5. The van der Waals surface area contributed by atoms with Crippen molar-refractivity contribution in [2.75, 3.05) is 12.4 Å². The Balaban J connectivity index is 1.78. The Morgan fingerprint density at radius 1 is 1.30 bits per heavy atom. The Bertz CT molecular complexity index is 988. The van der Waals surface area contributed by atoms with E-state index in [1.54, 1.807) is 10.9 Å². The normalized spacial score (nSPS) is 10.4. The zero-order valence-corrected chi connectivity index (χ0v) is 15.0. The molecule has 0 atom stereocenters. The Kier molecular flexibility index (Phi) is 5.37. The van der Waals surface area contributed by atoms with Crippen LogP contribution in [0.2, 0.25) is 5.02 Å². The van der Waals surface area contributed by atoms with Crippen LogP contribution >= 0.6 is 11.6 Å². The Morgan fingerprint density at radius 3 is 2.70 bits per heavy atom. The third-order valence-electron chi connectivity index (χ3n) is 3.77. The van der Waals surface area contributed by atoms with Gasteiger partial charge in [-0.25, -0.2) is 0 Å². The third kappa shape index (κ3) is 4.24. The van der Waals surface area contributed by atoms with E-state index in [4.69, 9.17) is 16.3 Å². The van der Waals surface area contributed by atoms with Gasteiger partial charge in [0.1, 0.15) is 5.02 Å². The van der Waals surface area contributed by atoms with E-state index >= 15 is 0 Å². The zero-order chi connectivity index (χ0) is 19.4. The molecule has 1 heterocycles. The summed E-state index contributed by atoms with van der Waals surface area (Å²) < 4.78 is 6.53. The highest BCUT2D eigenvalue weighted by Crippen LogP contribution is 2.28. The monoisotopic (exact) mass is 386 g/mol. The van der Waals surface area contributed by atoms with Crippen LogP contribution in [-0.2, 0) is 6.54 Å². The van der Waals surface area contributed by atoms with Gasteiger partial charge in [-0.15, -0.1) is 0 Å². The van der Waals surface area contributed by atoms with Gasteiger partial charge in [0.15, 0.2) is 11.6 Å². The topological polar surface area (TPSA) is 99.3 Å². The van der Waals surface area contributed by atoms with Crippen LogP contribution < -0.4 is 10.1 Å². The molecule has 3 aromatic rings. The molecule has 1 aromatic heterocycles. The van der Waals surface area contributed by atoms with Gasteiger partial charge in [0.25, 0.3) is 5.91 Å². The number of rotatable bonds is 6. The van der Waals surface area contributed by atoms with E-state index in [9.17, 15) is 14.9 Å². The molecule has 0 radical (unpaired) electrons. The number of aromatic nitrogens is 2. The van der Waals surface area contributed by atoms with Gasteiger partial charge in [-0.2, -0.15) is 5.10 Å². The predicted octanol–water partition coefficient (Wildman–Crippen LogP) is 3.75. The SMILES string of the molecule is COc1ccc(C(=O)Nc2nn(Cc3ccccc3)cc2Cl)cc1[N+](=O)[O-]. The van der Waals surface area contributed by atoms with Crippen LogP contribution in [0.1, 0.15) is 15.9 Å². The molecule has 0 aliphatic rings. The number of benzene rings is 2. The first-order chi connectivity index (χ1) is 13.0. The Morgan fingerprint density at radius 2 is 2.04 bits per heavy atom. The maximum absolute atomic E-state index is 12.4. The fraction of sp³-hybridized carbons (Fsp3) is 0.111. The molecule has 138 valence electrons. The summed E-state index contributed by atoms with van der Waals surface area (Å²) in [5, 5.41) is 18.2. The molecule has 1 N–H and O–H groups in total. The summed E-state index contributed by atoms with van der Waals surface area (Å²) in [4.78, 5) is 22.9. The van der Waals surface area contributed by atoms with Crippen LogP contribution in [0.25, 0.3) is 0 Å². The lowest BCUT2D eigenvalue weighted by Crippen LogP contribution is -2.13. The second-order valence-corrected chi connectivity index (χ2v) is 6.01. The average molecular weight is 387 g/mol. The number of nitrogens with zero attached hydrogens (tertiary/aromatic N) is 3. The lowest BCUT2D eigenvalue weighted by atomic mass is 10.1. The van der Waals surface area contributed by atoms with Crippen LogP contribution in [0.5, 0.6) is 5.75 Å². The molecule has 0 saturated heterocycles. The number of carbonyl (C=O) groups is 1. The molecule has 1 amide bonds. The van der Waals surface area contributed by atoms with Gasteiger partial charge in [-0.1, -0.05) is 41.9 Å². The van der Waals surface area contributed by atoms with Crippen molar-refractivity contribution in [3.63, 3.8) is 0 Å². The van der Waals surface area contributed by atoms with Crippen LogP contribution in [-0.4, -0.2) is 27.7 Å². The standard InChI is InChI=1S/C18H15ClN4O4/c1-27-16-8-7-13(9-15(16)23(25)26)18(24)20-17-14(19)11-22(21-17)10-12-5-3-2-4-6-12/h2-9,11H,10H2,1H3,(H,20,21,24). The predicted molar refractivity (Wildman–Crippen MR) is 100 cm³/mol. The summed E-state index contributed by atoms with van der Waals surface area (Å²) in [6, 6.07) is 13.6. The second-order valence-electron chi connectivity index (χ2n) is 5.61. The molecule has 3 rings (SSSR count). The van der Waals surface area contributed by atoms with Crippen molar-refractivity contribution in [1.29, 1.82) is 0 Å². The molecule has 8 nitrogen and oxygen atoms in total. The molecule has 0 saturated carbocycles. The highest BCUT2D eigenvalue weighted by molar-refractivity contribution is 6.33. The molecule has 0 spiro atoms. The summed E-state index contributed by atoms with van der Waals surface area (Å²) in [5.74, 6) is -0.314. The fourth-order valence-corrected chi connectivity index (χ4v) is 2.68. The number of ether oxygens (including phenoxy) is 1. The summed E-state index contributed by atoms with van der Waals surface area (Å²) in [6.07, 6.45) is 1.60. The molecule has 0 unspecified atom stereocenters. The fourth-order valence-electron chi connectivity index (χ4n) is 2.49. The number of nitro groups is 1. The van der Waals surface area contributed by atoms with Crippen molar-refractivity contribution in [3.8, 4) is 5.75 Å². The minimum Gasteiger partial charge on any atom is -0.490 e. The van der Waals surface area contributed by atoms with Gasteiger partial charge in [0.05, 0.1) is 18.6 Å². The van der Waals surface area contributed by atoms with Gasteiger partial charge in [0.2, 0.25) is 0 Å². The van der Waals surface area contributed by atoms with Crippen molar-refractivity contribution in [2.24, 2.45) is 0 Å². The maximum Gasteiger partial charge on any atom is 0.311 e. The number of anilines is 1. The van der Waals surface area contributed by atoms with Gasteiger partial charge < -0.3 is 10.1 Å². The van der Waals surface area contributed by atoms with E-state index < -0.39 is 10.8 Å². The summed E-state index contributed by atoms with van der Waals surface area (Å²) in [6.45, 7) is 0.491. The first-order valence-corrected chi connectivity index (χ1v) is 8.26.